The summed E-state index contributed by atoms with van der Waals surface area (Å²) in [7, 11) is -3.03. The zero-order valence-corrected chi connectivity index (χ0v) is 17.3. The molecule has 2 aromatic rings. The van der Waals surface area contributed by atoms with Gasteiger partial charge in [-0.05, 0) is 27.2 Å². The molecule has 1 aliphatic heterocycles. The Kier molecular flexibility index (Phi) is 5.90. The highest BCUT2D eigenvalue weighted by Gasteiger charge is 2.35. The second-order valence-corrected chi connectivity index (χ2v) is 10.3. The van der Waals surface area contributed by atoms with Crippen LogP contribution in [0, 0.1) is 6.92 Å². The van der Waals surface area contributed by atoms with Crippen molar-refractivity contribution in [2.45, 2.75) is 43.6 Å². The van der Waals surface area contributed by atoms with E-state index in [9.17, 15) is 13.2 Å². The summed E-state index contributed by atoms with van der Waals surface area (Å²) in [6, 6.07) is 7.72. The second kappa shape index (κ2) is 8.02. The lowest BCUT2D eigenvalue weighted by Gasteiger charge is -2.29. The SMILES string of the molecule is CCN(C(=O)[C@H](C)Sc1n[nH]c(-c2ccc(C)cc2)n1)[C@@H]1CCS(=O)(=O)C1. The first-order valence-electron chi connectivity index (χ1n) is 8.96. The monoisotopic (exact) mass is 408 g/mol. The Labute approximate surface area is 163 Å². The van der Waals surface area contributed by atoms with E-state index in [-0.39, 0.29) is 23.5 Å². The van der Waals surface area contributed by atoms with E-state index in [1.165, 1.54) is 17.3 Å². The van der Waals surface area contributed by atoms with E-state index in [1.807, 2.05) is 38.1 Å². The zero-order chi connectivity index (χ0) is 19.6. The smallest absolute Gasteiger partial charge is 0.236 e. The van der Waals surface area contributed by atoms with Crippen LogP contribution in [0.3, 0.4) is 0 Å². The van der Waals surface area contributed by atoms with Crippen molar-refractivity contribution in [3.8, 4) is 11.4 Å². The van der Waals surface area contributed by atoms with Crippen LogP contribution in [-0.2, 0) is 14.6 Å². The van der Waals surface area contributed by atoms with Crippen LogP contribution >= 0.6 is 11.8 Å². The molecule has 0 bridgehead atoms. The molecule has 0 saturated carbocycles. The molecule has 0 aliphatic carbocycles. The van der Waals surface area contributed by atoms with E-state index >= 15 is 0 Å². The summed E-state index contributed by atoms with van der Waals surface area (Å²) in [5.74, 6) is 0.795. The number of amides is 1. The molecule has 27 heavy (non-hydrogen) atoms. The van der Waals surface area contributed by atoms with Crippen molar-refractivity contribution in [2.24, 2.45) is 0 Å². The minimum atomic E-state index is -3.03. The number of nitrogens with one attached hydrogen (secondary N) is 1. The van der Waals surface area contributed by atoms with Crippen molar-refractivity contribution in [3.63, 3.8) is 0 Å². The van der Waals surface area contributed by atoms with Gasteiger partial charge in [0, 0.05) is 18.2 Å². The summed E-state index contributed by atoms with van der Waals surface area (Å²) >= 11 is 1.28. The molecule has 1 amide bonds. The predicted molar refractivity (Wildman–Crippen MR) is 106 cm³/mol. The average Bonchev–Trinajstić information content (AvgIpc) is 3.22. The van der Waals surface area contributed by atoms with Gasteiger partial charge in [0.1, 0.15) is 0 Å². The first-order chi connectivity index (χ1) is 12.8. The number of thioether (sulfide) groups is 1. The first-order valence-corrected chi connectivity index (χ1v) is 11.7. The number of carbonyl (C=O) groups excluding carboxylic acids is 1. The van der Waals surface area contributed by atoms with Gasteiger partial charge in [-0.25, -0.2) is 13.4 Å². The van der Waals surface area contributed by atoms with Crippen molar-refractivity contribution in [3.05, 3.63) is 29.8 Å². The number of hydrogen-bond donors (Lipinski definition) is 1. The Morgan fingerprint density at radius 2 is 2.07 bits per heavy atom. The predicted octanol–water partition coefficient (Wildman–Crippen LogP) is 2.30. The number of sulfone groups is 1. The Morgan fingerprint density at radius 1 is 1.37 bits per heavy atom. The summed E-state index contributed by atoms with van der Waals surface area (Å²) in [5, 5.41) is 7.22. The van der Waals surface area contributed by atoms with Crippen molar-refractivity contribution < 1.29 is 13.2 Å². The lowest BCUT2D eigenvalue weighted by atomic mass is 10.1. The molecule has 2 heterocycles. The van der Waals surface area contributed by atoms with E-state index in [1.54, 1.807) is 11.8 Å². The summed E-state index contributed by atoms with van der Waals surface area (Å²) in [6.45, 7) is 6.20. The zero-order valence-electron chi connectivity index (χ0n) is 15.7. The van der Waals surface area contributed by atoms with Gasteiger partial charge in [0.25, 0.3) is 0 Å². The molecule has 2 atom stereocenters. The quantitative estimate of drug-likeness (QED) is 0.737. The molecule has 0 unspecified atom stereocenters. The number of rotatable bonds is 6. The van der Waals surface area contributed by atoms with E-state index in [4.69, 9.17) is 0 Å². The lowest BCUT2D eigenvalue weighted by molar-refractivity contribution is -0.131. The molecule has 0 radical (unpaired) electrons. The van der Waals surface area contributed by atoms with Crippen molar-refractivity contribution in [2.75, 3.05) is 18.1 Å². The molecule has 1 fully saturated rings. The highest BCUT2D eigenvalue weighted by molar-refractivity contribution is 8.00. The molecule has 9 heteroatoms. The van der Waals surface area contributed by atoms with Crippen molar-refractivity contribution >= 4 is 27.5 Å². The molecular formula is C18H24N4O3S2. The van der Waals surface area contributed by atoms with Crippen LogP contribution in [0.25, 0.3) is 11.4 Å². The average molecular weight is 409 g/mol. The van der Waals surface area contributed by atoms with E-state index < -0.39 is 15.1 Å². The third-order valence-corrected chi connectivity index (χ3v) is 7.39. The van der Waals surface area contributed by atoms with Crippen LogP contribution in [0.2, 0.25) is 0 Å². The maximum Gasteiger partial charge on any atom is 0.236 e. The topological polar surface area (TPSA) is 96.0 Å². The van der Waals surface area contributed by atoms with E-state index in [0.717, 1.165) is 5.56 Å². The van der Waals surface area contributed by atoms with Crippen molar-refractivity contribution in [1.82, 2.24) is 20.1 Å². The van der Waals surface area contributed by atoms with Gasteiger partial charge >= 0.3 is 0 Å². The number of carbonyl (C=O) groups is 1. The number of aromatic amines is 1. The van der Waals surface area contributed by atoms with Gasteiger partial charge < -0.3 is 4.90 Å². The number of hydrogen-bond acceptors (Lipinski definition) is 6. The molecule has 7 nitrogen and oxygen atoms in total. The van der Waals surface area contributed by atoms with Gasteiger partial charge in [-0.2, -0.15) is 0 Å². The van der Waals surface area contributed by atoms with Crippen LogP contribution in [0.15, 0.2) is 29.4 Å². The lowest BCUT2D eigenvalue weighted by Crippen LogP contribution is -2.44. The number of aromatic nitrogens is 3. The highest BCUT2D eigenvalue weighted by atomic mass is 32.2. The Morgan fingerprint density at radius 3 is 2.67 bits per heavy atom. The standard InChI is InChI=1S/C18H24N4O3S2/c1-4-22(15-9-10-27(24,25)11-15)17(23)13(3)26-18-19-16(20-21-18)14-7-5-12(2)6-8-14/h5-8,13,15H,4,9-11H2,1-3H3,(H,19,20,21)/t13-,15+/m0/s1. The molecule has 1 aromatic carbocycles. The maximum absolute atomic E-state index is 12.8. The fourth-order valence-electron chi connectivity index (χ4n) is 3.20. The Hall–Kier alpha value is -1.87. The van der Waals surface area contributed by atoms with Crippen LogP contribution in [0.5, 0.6) is 0 Å². The largest absolute Gasteiger partial charge is 0.338 e. The van der Waals surface area contributed by atoms with Gasteiger partial charge in [0.05, 0.1) is 16.8 Å². The Bertz CT molecular complexity index is 909. The molecule has 1 aliphatic rings. The summed E-state index contributed by atoms with van der Waals surface area (Å²) < 4.78 is 23.5. The van der Waals surface area contributed by atoms with Gasteiger partial charge in [-0.3, -0.25) is 9.89 Å². The molecule has 3 rings (SSSR count). The number of benzene rings is 1. The minimum Gasteiger partial charge on any atom is -0.338 e. The van der Waals surface area contributed by atoms with E-state index in [2.05, 4.69) is 15.2 Å². The van der Waals surface area contributed by atoms with Gasteiger partial charge in [0.15, 0.2) is 15.7 Å². The van der Waals surface area contributed by atoms with Gasteiger partial charge in [-0.1, -0.05) is 41.6 Å². The second-order valence-electron chi connectivity index (χ2n) is 6.77. The molecular weight excluding hydrogens is 384 g/mol. The summed E-state index contributed by atoms with van der Waals surface area (Å²) in [5.41, 5.74) is 2.10. The van der Waals surface area contributed by atoms with Gasteiger partial charge in [-0.15, -0.1) is 5.10 Å². The van der Waals surface area contributed by atoms with Crippen LogP contribution in [0.1, 0.15) is 25.8 Å². The normalized spacial score (nSPS) is 19.7. The van der Waals surface area contributed by atoms with Gasteiger partial charge in [0.2, 0.25) is 11.1 Å². The fraction of sp³-hybridized carbons (Fsp3) is 0.500. The first kappa shape index (κ1) is 19.9. The minimum absolute atomic E-state index is 0.0577. The third-order valence-electron chi connectivity index (χ3n) is 4.69. The molecule has 1 saturated heterocycles. The fourth-order valence-corrected chi connectivity index (χ4v) is 5.72. The summed E-state index contributed by atoms with van der Waals surface area (Å²) in [4.78, 5) is 19.0. The summed E-state index contributed by atoms with van der Waals surface area (Å²) in [6.07, 6.45) is 0.511. The number of H-pyrrole nitrogens is 1. The third kappa shape index (κ3) is 4.70. The molecule has 146 valence electrons. The molecule has 1 aromatic heterocycles. The van der Waals surface area contributed by atoms with Crippen molar-refractivity contribution in [1.29, 1.82) is 0 Å². The molecule has 0 spiro atoms. The van der Waals surface area contributed by atoms with Crippen LogP contribution in [-0.4, -0.2) is 63.7 Å². The number of nitrogens with zero attached hydrogens (tertiary/aromatic N) is 3. The molecule has 1 N–H and O–H groups in total. The Balaban J connectivity index is 1.66. The highest BCUT2D eigenvalue weighted by Crippen LogP contribution is 2.26. The number of aryl methyl sites for hydroxylation is 1. The maximum atomic E-state index is 12.8. The van der Waals surface area contributed by atoms with Crippen LogP contribution in [0.4, 0.5) is 0 Å². The van der Waals surface area contributed by atoms with Crippen LogP contribution < -0.4 is 0 Å². The van der Waals surface area contributed by atoms with E-state index in [0.29, 0.717) is 23.9 Å².